The van der Waals surface area contributed by atoms with Crippen LogP contribution in [0.4, 0.5) is 0 Å². The van der Waals surface area contributed by atoms with Gasteiger partial charge in [-0.05, 0) is 38.0 Å². The molecule has 2 rings (SSSR count). The normalized spacial score (nSPS) is 11.8. The number of imidazole rings is 1. The number of rotatable bonds is 4. The van der Waals surface area contributed by atoms with Crippen LogP contribution in [0.25, 0.3) is 0 Å². The third kappa shape index (κ3) is 3.50. The van der Waals surface area contributed by atoms with Gasteiger partial charge < -0.3 is 10.3 Å². The van der Waals surface area contributed by atoms with Gasteiger partial charge in [0.15, 0.2) is 0 Å². The quantitative estimate of drug-likeness (QED) is 0.936. The Bertz CT molecular complexity index is 570. The fourth-order valence-electron chi connectivity index (χ4n) is 2.00. The van der Waals surface area contributed by atoms with E-state index in [4.69, 9.17) is 28.9 Å². The number of nitrogens with zero attached hydrogens (tertiary/aromatic N) is 2. The Hall–Kier alpha value is -1.03. The van der Waals surface area contributed by atoms with Crippen molar-refractivity contribution in [2.45, 2.75) is 32.4 Å². The second kappa shape index (κ2) is 5.53. The molecule has 0 spiro atoms. The monoisotopic (exact) mass is 297 g/mol. The topological polar surface area (TPSA) is 43.8 Å². The lowest BCUT2D eigenvalue weighted by Gasteiger charge is -2.20. The van der Waals surface area contributed by atoms with E-state index in [1.807, 2.05) is 32.2 Å². The van der Waals surface area contributed by atoms with Crippen molar-refractivity contribution in [2.24, 2.45) is 5.73 Å². The molecule has 0 bridgehead atoms. The first kappa shape index (κ1) is 14.4. The van der Waals surface area contributed by atoms with Crippen molar-refractivity contribution in [3.05, 3.63) is 52.0 Å². The van der Waals surface area contributed by atoms with E-state index >= 15 is 0 Å². The SMILES string of the molecule is CC(C)(N)c1cncn1CCc1ccc(Cl)cc1Cl. The first-order chi connectivity index (χ1) is 8.88. The summed E-state index contributed by atoms with van der Waals surface area (Å²) in [7, 11) is 0. The molecule has 0 aliphatic heterocycles. The Morgan fingerprint density at radius 3 is 2.68 bits per heavy atom. The molecule has 0 saturated carbocycles. The second-order valence-electron chi connectivity index (χ2n) is 5.18. The van der Waals surface area contributed by atoms with Crippen LogP contribution in [-0.2, 0) is 18.5 Å². The van der Waals surface area contributed by atoms with Crippen LogP contribution in [0, 0.1) is 0 Å². The summed E-state index contributed by atoms with van der Waals surface area (Å²) in [4.78, 5) is 4.17. The Kier molecular flexibility index (Phi) is 4.19. The summed E-state index contributed by atoms with van der Waals surface area (Å²) in [5, 5.41) is 1.35. The van der Waals surface area contributed by atoms with Gasteiger partial charge in [0.05, 0.1) is 17.6 Å². The number of hydrogen-bond acceptors (Lipinski definition) is 2. The molecule has 19 heavy (non-hydrogen) atoms. The van der Waals surface area contributed by atoms with Crippen LogP contribution in [0.3, 0.4) is 0 Å². The van der Waals surface area contributed by atoms with E-state index in [1.54, 1.807) is 12.4 Å². The van der Waals surface area contributed by atoms with Crippen LogP contribution < -0.4 is 5.73 Å². The molecular formula is C14H17Cl2N3. The fourth-order valence-corrected chi connectivity index (χ4v) is 2.50. The molecule has 0 amide bonds. The van der Waals surface area contributed by atoms with Gasteiger partial charge in [0.2, 0.25) is 0 Å². The molecule has 1 aromatic carbocycles. The van der Waals surface area contributed by atoms with Crippen molar-refractivity contribution >= 4 is 23.2 Å². The molecule has 1 heterocycles. The summed E-state index contributed by atoms with van der Waals surface area (Å²) in [5.41, 5.74) is 7.80. The standard InChI is InChI=1S/C14H17Cl2N3/c1-14(2,17)13-8-18-9-19(13)6-5-10-3-4-11(15)7-12(10)16/h3-4,7-9H,5-6,17H2,1-2H3. The van der Waals surface area contributed by atoms with Gasteiger partial charge in [-0.2, -0.15) is 0 Å². The predicted molar refractivity (Wildman–Crippen MR) is 79.6 cm³/mol. The molecular weight excluding hydrogens is 281 g/mol. The molecule has 0 fully saturated rings. The van der Waals surface area contributed by atoms with Gasteiger partial charge in [-0.1, -0.05) is 29.3 Å². The molecule has 0 unspecified atom stereocenters. The number of halogens is 2. The maximum absolute atomic E-state index is 6.17. The Labute approximate surface area is 123 Å². The van der Waals surface area contributed by atoms with Gasteiger partial charge >= 0.3 is 0 Å². The zero-order valence-corrected chi connectivity index (χ0v) is 12.5. The number of aromatic nitrogens is 2. The van der Waals surface area contributed by atoms with Crippen molar-refractivity contribution in [3.8, 4) is 0 Å². The average Bonchev–Trinajstić information content (AvgIpc) is 2.75. The Morgan fingerprint density at radius 1 is 1.32 bits per heavy atom. The summed E-state index contributed by atoms with van der Waals surface area (Å²) >= 11 is 12.1. The van der Waals surface area contributed by atoms with Crippen LogP contribution >= 0.6 is 23.2 Å². The molecule has 0 saturated heterocycles. The van der Waals surface area contributed by atoms with Gasteiger partial charge in [0.25, 0.3) is 0 Å². The Morgan fingerprint density at radius 2 is 2.05 bits per heavy atom. The zero-order valence-electron chi connectivity index (χ0n) is 11.0. The second-order valence-corrected chi connectivity index (χ2v) is 6.02. The number of hydrogen-bond donors (Lipinski definition) is 1. The van der Waals surface area contributed by atoms with E-state index in [2.05, 4.69) is 9.55 Å². The summed E-state index contributed by atoms with van der Waals surface area (Å²) in [6.45, 7) is 4.73. The molecule has 5 heteroatoms. The highest BCUT2D eigenvalue weighted by molar-refractivity contribution is 6.35. The summed E-state index contributed by atoms with van der Waals surface area (Å²) in [6.07, 6.45) is 4.42. The van der Waals surface area contributed by atoms with Crippen LogP contribution in [-0.4, -0.2) is 9.55 Å². The lowest BCUT2D eigenvalue weighted by atomic mass is 10.0. The highest BCUT2D eigenvalue weighted by Gasteiger charge is 2.18. The van der Waals surface area contributed by atoms with Crippen molar-refractivity contribution in [1.82, 2.24) is 9.55 Å². The number of nitrogens with two attached hydrogens (primary N) is 1. The smallest absolute Gasteiger partial charge is 0.0948 e. The molecule has 1 aromatic heterocycles. The molecule has 0 atom stereocenters. The molecule has 0 aliphatic rings. The van der Waals surface area contributed by atoms with Gasteiger partial charge in [0.1, 0.15) is 0 Å². The largest absolute Gasteiger partial charge is 0.333 e. The minimum Gasteiger partial charge on any atom is -0.333 e. The van der Waals surface area contributed by atoms with Gasteiger partial charge in [-0.15, -0.1) is 0 Å². The van der Waals surface area contributed by atoms with Crippen LogP contribution in [0.15, 0.2) is 30.7 Å². The predicted octanol–water partition coefficient (Wildman–Crippen LogP) is 3.63. The minimum absolute atomic E-state index is 0.402. The van der Waals surface area contributed by atoms with Crippen molar-refractivity contribution in [1.29, 1.82) is 0 Å². The van der Waals surface area contributed by atoms with Crippen LogP contribution in [0.5, 0.6) is 0 Å². The summed E-state index contributed by atoms with van der Waals surface area (Å²) < 4.78 is 2.06. The summed E-state index contributed by atoms with van der Waals surface area (Å²) in [5.74, 6) is 0. The van der Waals surface area contributed by atoms with Crippen molar-refractivity contribution in [2.75, 3.05) is 0 Å². The van der Waals surface area contributed by atoms with E-state index in [-0.39, 0.29) is 0 Å². The third-order valence-corrected chi connectivity index (χ3v) is 3.60. The van der Waals surface area contributed by atoms with Gasteiger partial charge in [-0.25, -0.2) is 4.98 Å². The summed E-state index contributed by atoms with van der Waals surface area (Å²) in [6, 6.07) is 5.57. The fraction of sp³-hybridized carbons (Fsp3) is 0.357. The number of aryl methyl sites for hydroxylation is 2. The van der Waals surface area contributed by atoms with Crippen LogP contribution in [0.1, 0.15) is 25.1 Å². The maximum Gasteiger partial charge on any atom is 0.0948 e. The van der Waals surface area contributed by atoms with Gasteiger partial charge in [-0.3, -0.25) is 0 Å². The Balaban J connectivity index is 2.13. The molecule has 2 aromatic rings. The van der Waals surface area contributed by atoms with Crippen LogP contribution in [0.2, 0.25) is 10.0 Å². The molecule has 0 aliphatic carbocycles. The lowest BCUT2D eigenvalue weighted by Crippen LogP contribution is -2.31. The van der Waals surface area contributed by atoms with Crippen molar-refractivity contribution in [3.63, 3.8) is 0 Å². The van der Waals surface area contributed by atoms with E-state index in [9.17, 15) is 0 Å². The molecule has 2 N–H and O–H groups in total. The number of benzene rings is 1. The zero-order chi connectivity index (χ0) is 14.0. The van der Waals surface area contributed by atoms with E-state index < -0.39 is 5.54 Å². The first-order valence-electron chi connectivity index (χ1n) is 6.11. The highest BCUT2D eigenvalue weighted by atomic mass is 35.5. The first-order valence-corrected chi connectivity index (χ1v) is 6.87. The van der Waals surface area contributed by atoms with E-state index in [0.717, 1.165) is 24.2 Å². The minimum atomic E-state index is -0.402. The highest BCUT2D eigenvalue weighted by Crippen LogP contribution is 2.22. The molecule has 3 nitrogen and oxygen atoms in total. The molecule has 0 radical (unpaired) electrons. The average molecular weight is 298 g/mol. The van der Waals surface area contributed by atoms with Gasteiger partial charge in [0, 0.05) is 22.8 Å². The molecule has 102 valence electrons. The van der Waals surface area contributed by atoms with E-state index in [1.165, 1.54) is 0 Å². The van der Waals surface area contributed by atoms with E-state index in [0.29, 0.717) is 10.0 Å². The maximum atomic E-state index is 6.17. The lowest BCUT2D eigenvalue weighted by molar-refractivity contribution is 0.492. The van der Waals surface area contributed by atoms with Crippen molar-refractivity contribution < 1.29 is 0 Å². The third-order valence-electron chi connectivity index (χ3n) is 3.01.